The minimum absolute atomic E-state index is 0.0321. The van der Waals surface area contributed by atoms with Crippen LogP contribution >= 0.6 is 0 Å². The molecule has 0 aromatic heterocycles. The number of carbonyl (C=O) groups excluding carboxylic acids is 2. The van der Waals surface area contributed by atoms with Crippen LogP contribution in [0.15, 0.2) is 0 Å². The Hall–Kier alpha value is -1.06. The summed E-state index contributed by atoms with van der Waals surface area (Å²) in [5.41, 5.74) is 0. The highest BCUT2D eigenvalue weighted by atomic mass is 16.5. The summed E-state index contributed by atoms with van der Waals surface area (Å²) < 4.78 is 4.91. The van der Waals surface area contributed by atoms with Gasteiger partial charge >= 0.3 is 0 Å². The van der Waals surface area contributed by atoms with Crippen LogP contribution in [-0.2, 0) is 14.3 Å². The van der Waals surface area contributed by atoms with Gasteiger partial charge in [0.25, 0.3) is 6.47 Å². The third kappa shape index (κ3) is 1.53. The summed E-state index contributed by atoms with van der Waals surface area (Å²) >= 11 is 0. The van der Waals surface area contributed by atoms with E-state index in [1.54, 1.807) is 0 Å². The molecule has 72 valence electrons. The first kappa shape index (κ1) is 8.53. The summed E-state index contributed by atoms with van der Waals surface area (Å²) in [4.78, 5) is 23.3. The molecule has 2 heterocycles. The number of piperidine rings is 1. The molecular formula is C9H13NO3. The maximum Gasteiger partial charge on any atom is 0.293 e. The van der Waals surface area contributed by atoms with Crippen LogP contribution in [-0.4, -0.2) is 36.0 Å². The largest absolute Gasteiger partial charge is 0.464 e. The van der Waals surface area contributed by atoms with Crippen molar-refractivity contribution in [2.24, 2.45) is 0 Å². The zero-order chi connectivity index (χ0) is 9.26. The van der Waals surface area contributed by atoms with E-state index in [0.717, 1.165) is 25.8 Å². The fourth-order valence-electron chi connectivity index (χ4n) is 2.25. The smallest absolute Gasteiger partial charge is 0.293 e. The topological polar surface area (TPSA) is 46.6 Å². The van der Waals surface area contributed by atoms with E-state index >= 15 is 0 Å². The first-order valence-electron chi connectivity index (χ1n) is 4.70. The van der Waals surface area contributed by atoms with Crippen LogP contribution in [0.3, 0.4) is 0 Å². The molecule has 13 heavy (non-hydrogen) atoms. The Kier molecular flexibility index (Phi) is 2.20. The molecule has 2 aliphatic heterocycles. The number of nitrogens with zero attached hydrogens (tertiary/aromatic N) is 1. The van der Waals surface area contributed by atoms with Gasteiger partial charge in [0.05, 0.1) is 0 Å². The van der Waals surface area contributed by atoms with Crippen LogP contribution in [0.5, 0.6) is 0 Å². The SMILES string of the molecule is O=CO[C@H]1CCN2C(=O)CC[C@H]2C1. The highest BCUT2D eigenvalue weighted by Crippen LogP contribution is 2.28. The molecule has 0 unspecified atom stereocenters. The van der Waals surface area contributed by atoms with Gasteiger partial charge in [0.1, 0.15) is 6.10 Å². The number of amides is 1. The Balaban J connectivity index is 1.95. The van der Waals surface area contributed by atoms with Crippen molar-refractivity contribution in [2.75, 3.05) is 6.54 Å². The van der Waals surface area contributed by atoms with Crippen LogP contribution in [0.2, 0.25) is 0 Å². The van der Waals surface area contributed by atoms with Crippen molar-refractivity contribution in [2.45, 2.75) is 37.8 Å². The van der Waals surface area contributed by atoms with Crippen LogP contribution in [0.4, 0.5) is 0 Å². The third-order valence-corrected chi connectivity index (χ3v) is 2.93. The van der Waals surface area contributed by atoms with Crippen molar-refractivity contribution in [1.82, 2.24) is 4.90 Å². The van der Waals surface area contributed by atoms with Gasteiger partial charge in [-0.15, -0.1) is 0 Å². The molecule has 2 fully saturated rings. The van der Waals surface area contributed by atoms with Crippen molar-refractivity contribution >= 4 is 12.4 Å². The molecule has 0 aromatic carbocycles. The number of hydrogen-bond acceptors (Lipinski definition) is 3. The van der Waals surface area contributed by atoms with Gasteiger partial charge in [-0.25, -0.2) is 0 Å². The molecule has 1 amide bonds. The van der Waals surface area contributed by atoms with E-state index in [1.807, 2.05) is 4.90 Å². The van der Waals surface area contributed by atoms with E-state index in [4.69, 9.17) is 4.74 Å². The number of fused-ring (bicyclic) bond motifs is 1. The van der Waals surface area contributed by atoms with Gasteiger partial charge in [0.2, 0.25) is 5.91 Å². The van der Waals surface area contributed by atoms with Crippen molar-refractivity contribution in [1.29, 1.82) is 0 Å². The molecule has 4 nitrogen and oxygen atoms in total. The average Bonchev–Trinajstić information content (AvgIpc) is 2.48. The second-order valence-corrected chi connectivity index (χ2v) is 3.66. The zero-order valence-corrected chi connectivity index (χ0v) is 7.44. The predicted molar refractivity (Wildman–Crippen MR) is 44.9 cm³/mol. The van der Waals surface area contributed by atoms with Gasteiger partial charge in [-0.2, -0.15) is 0 Å². The first-order valence-corrected chi connectivity index (χ1v) is 4.70. The Morgan fingerprint density at radius 1 is 1.46 bits per heavy atom. The molecule has 0 bridgehead atoms. The van der Waals surface area contributed by atoms with Gasteiger partial charge in [-0.05, 0) is 6.42 Å². The number of ether oxygens (including phenoxy) is 1. The highest BCUT2D eigenvalue weighted by molar-refractivity contribution is 5.78. The quantitative estimate of drug-likeness (QED) is 0.579. The summed E-state index contributed by atoms with van der Waals surface area (Å²) in [7, 11) is 0. The van der Waals surface area contributed by atoms with Gasteiger partial charge in [0, 0.05) is 31.8 Å². The van der Waals surface area contributed by atoms with Gasteiger partial charge in [-0.3, -0.25) is 9.59 Å². The van der Waals surface area contributed by atoms with Crippen LogP contribution in [0, 0.1) is 0 Å². The van der Waals surface area contributed by atoms with E-state index in [2.05, 4.69) is 0 Å². The summed E-state index contributed by atoms with van der Waals surface area (Å²) in [6.45, 7) is 1.26. The monoisotopic (exact) mass is 183 g/mol. The average molecular weight is 183 g/mol. The van der Waals surface area contributed by atoms with E-state index in [1.165, 1.54) is 0 Å². The fourth-order valence-corrected chi connectivity index (χ4v) is 2.25. The van der Waals surface area contributed by atoms with Crippen LogP contribution in [0.25, 0.3) is 0 Å². The minimum atomic E-state index is 0.0321. The molecule has 2 aliphatic rings. The molecule has 0 aliphatic carbocycles. The molecule has 2 rings (SSSR count). The minimum Gasteiger partial charge on any atom is -0.464 e. The van der Waals surface area contributed by atoms with Crippen molar-refractivity contribution < 1.29 is 14.3 Å². The normalized spacial score (nSPS) is 32.9. The second-order valence-electron chi connectivity index (χ2n) is 3.66. The maximum absolute atomic E-state index is 11.3. The Bertz CT molecular complexity index is 229. The zero-order valence-electron chi connectivity index (χ0n) is 7.44. The molecule has 0 N–H and O–H groups in total. The molecule has 2 atom stereocenters. The summed E-state index contributed by atoms with van der Waals surface area (Å²) in [6.07, 6.45) is 3.24. The van der Waals surface area contributed by atoms with Gasteiger partial charge in [-0.1, -0.05) is 0 Å². The Morgan fingerprint density at radius 3 is 3.08 bits per heavy atom. The van der Waals surface area contributed by atoms with Crippen LogP contribution < -0.4 is 0 Å². The Morgan fingerprint density at radius 2 is 2.31 bits per heavy atom. The summed E-state index contributed by atoms with van der Waals surface area (Å²) in [5.74, 6) is 0.259. The number of rotatable bonds is 2. The summed E-state index contributed by atoms with van der Waals surface area (Å²) in [6, 6.07) is 0.325. The molecule has 0 radical (unpaired) electrons. The predicted octanol–water partition coefficient (Wildman–Crippen LogP) is 0.313. The third-order valence-electron chi connectivity index (χ3n) is 2.93. The first-order chi connectivity index (χ1) is 6.31. The number of hydrogen-bond donors (Lipinski definition) is 0. The van der Waals surface area contributed by atoms with Crippen molar-refractivity contribution in [3.05, 3.63) is 0 Å². The maximum atomic E-state index is 11.3. The lowest BCUT2D eigenvalue weighted by Crippen LogP contribution is -2.42. The lowest BCUT2D eigenvalue weighted by Gasteiger charge is -2.33. The number of carbonyl (C=O) groups is 2. The van der Waals surface area contributed by atoms with Gasteiger partial charge < -0.3 is 9.64 Å². The van der Waals surface area contributed by atoms with E-state index in [9.17, 15) is 9.59 Å². The standard InChI is InChI=1S/C9H13NO3/c11-6-13-8-3-4-10-7(5-8)1-2-9(10)12/h6-8H,1-5H2/t7-,8-/m0/s1. The van der Waals surface area contributed by atoms with Gasteiger partial charge in [0.15, 0.2) is 0 Å². The van der Waals surface area contributed by atoms with E-state index in [0.29, 0.717) is 18.9 Å². The van der Waals surface area contributed by atoms with Crippen molar-refractivity contribution in [3.63, 3.8) is 0 Å². The van der Waals surface area contributed by atoms with Crippen LogP contribution in [0.1, 0.15) is 25.7 Å². The highest BCUT2D eigenvalue weighted by Gasteiger charge is 2.36. The lowest BCUT2D eigenvalue weighted by molar-refractivity contribution is -0.138. The molecule has 4 heteroatoms. The fraction of sp³-hybridized carbons (Fsp3) is 0.778. The Labute approximate surface area is 76.8 Å². The summed E-state index contributed by atoms with van der Waals surface area (Å²) in [5, 5.41) is 0. The van der Waals surface area contributed by atoms with E-state index in [-0.39, 0.29) is 12.0 Å². The lowest BCUT2D eigenvalue weighted by atomic mass is 10.00. The molecular weight excluding hydrogens is 170 g/mol. The second kappa shape index (κ2) is 3.36. The molecule has 0 aromatic rings. The molecule has 0 spiro atoms. The molecule has 0 saturated carbocycles. The van der Waals surface area contributed by atoms with E-state index < -0.39 is 0 Å². The molecule has 2 saturated heterocycles. The van der Waals surface area contributed by atoms with Crippen molar-refractivity contribution in [3.8, 4) is 0 Å².